The Kier molecular flexibility index (Phi) is 4.03. The van der Waals surface area contributed by atoms with E-state index in [9.17, 15) is 9.59 Å². The fraction of sp³-hybridized carbons (Fsp3) is 0. The molecular formula is C21H15N3O2. The van der Waals surface area contributed by atoms with Crippen LogP contribution in [0.5, 0.6) is 0 Å². The minimum atomic E-state index is -0.489. The van der Waals surface area contributed by atoms with Gasteiger partial charge < -0.3 is 10.3 Å². The van der Waals surface area contributed by atoms with Crippen LogP contribution >= 0.6 is 0 Å². The summed E-state index contributed by atoms with van der Waals surface area (Å²) in [6.07, 6.45) is 3.12. The smallest absolute Gasteiger partial charge is 0.262 e. The molecule has 0 aliphatic heterocycles. The van der Waals surface area contributed by atoms with Crippen LogP contribution in [0, 0.1) is 0 Å². The lowest BCUT2D eigenvalue weighted by molar-refractivity contribution is 0.102. The van der Waals surface area contributed by atoms with Gasteiger partial charge in [-0.3, -0.25) is 9.59 Å². The van der Waals surface area contributed by atoms with Gasteiger partial charge in [-0.25, -0.2) is 4.98 Å². The first-order valence-corrected chi connectivity index (χ1v) is 8.15. The summed E-state index contributed by atoms with van der Waals surface area (Å²) in [5, 5.41) is 3.15. The number of amides is 1. The lowest BCUT2D eigenvalue weighted by atomic mass is 10.1. The fourth-order valence-corrected chi connectivity index (χ4v) is 2.79. The molecular weight excluding hydrogens is 326 g/mol. The lowest BCUT2D eigenvalue weighted by Crippen LogP contribution is -2.22. The zero-order chi connectivity index (χ0) is 17.9. The molecule has 2 aromatic carbocycles. The molecule has 0 aliphatic carbocycles. The SMILES string of the molecule is O=C(Nc1ccc(-c2ccccc2)cn1)c1c[nH]c2ccccc2c1=O. The summed E-state index contributed by atoms with van der Waals surface area (Å²) >= 11 is 0. The number of nitrogens with one attached hydrogen (secondary N) is 2. The molecule has 5 heteroatoms. The number of H-pyrrole nitrogens is 1. The van der Waals surface area contributed by atoms with Gasteiger partial charge in [0.05, 0.1) is 0 Å². The Morgan fingerprint density at radius 2 is 1.65 bits per heavy atom. The number of rotatable bonds is 3. The normalized spacial score (nSPS) is 10.6. The van der Waals surface area contributed by atoms with Crippen molar-refractivity contribution in [2.45, 2.75) is 0 Å². The third-order valence-corrected chi connectivity index (χ3v) is 4.15. The quantitative estimate of drug-likeness (QED) is 0.594. The molecule has 0 aliphatic rings. The minimum Gasteiger partial charge on any atom is -0.360 e. The van der Waals surface area contributed by atoms with Crippen molar-refractivity contribution in [2.75, 3.05) is 5.32 Å². The predicted octanol–water partition coefficient (Wildman–Crippen LogP) is 3.84. The first-order chi connectivity index (χ1) is 12.7. The number of nitrogens with zero attached hydrogens (tertiary/aromatic N) is 1. The second-order valence-corrected chi connectivity index (χ2v) is 5.83. The van der Waals surface area contributed by atoms with Crippen molar-refractivity contribution < 1.29 is 4.79 Å². The van der Waals surface area contributed by atoms with Crippen LogP contribution in [0.4, 0.5) is 5.82 Å². The molecule has 5 nitrogen and oxygen atoms in total. The number of fused-ring (bicyclic) bond motifs is 1. The zero-order valence-electron chi connectivity index (χ0n) is 13.8. The van der Waals surface area contributed by atoms with Crippen LogP contribution < -0.4 is 10.7 Å². The molecule has 4 rings (SSSR count). The summed E-state index contributed by atoms with van der Waals surface area (Å²) in [4.78, 5) is 32.2. The van der Waals surface area contributed by atoms with Crippen molar-refractivity contribution >= 4 is 22.6 Å². The fourth-order valence-electron chi connectivity index (χ4n) is 2.79. The van der Waals surface area contributed by atoms with Gasteiger partial charge in [-0.1, -0.05) is 42.5 Å². The van der Waals surface area contributed by atoms with E-state index in [4.69, 9.17) is 0 Å². The number of aromatic amines is 1. The highest BCUT2D eigenvalue weighted by atomic mass is 16.2. The van der Waals surface area contributed by atoms with Crippen LogP contribution in [-0.2, 0) is 0 Å². The number of hydrogen-bond donors (Lipinski definition) is 2. The van der Waals surface area contributed by atoms with Crippen molar-refractivity contribution in [2.24, 2.45) is 0 Å². The van der Waals surface area contributed by atoms with E-state index < -0.39 is 5.91 Å². The van der Waals surface area contributed by atoms with Gasteiger partial charge in [0.2, 0.25) is 5.43 Å². The molecule has 0 saturated heterocycles. The van der Waals surface area contributed by atoms with Gasteiger partial charge in [-0.05, 0) is 29.8 Å². The number of carbonyl (C=O) groups excluding carboxylic acids is 1. The monoisotopic (exact) mass is 341 g/mol. The molecule has 1 amide bonds. The van der Waals surface area contributed by atoms with Crippen LogP contribution in [0.15, 0.2) is 83.9 Å². The lowest BCUT2D eigenvalue weighted by Gasteiger charge is -2.06. The number of anilines is 1. The Balaban J connectivity index is 1.59. The summed E-state index contributed by atoms with van der Waals surface area (Å²) in [6, 6.07) is 20.5. The van der Waals surface area contributed by atoms with E-state index in [1.807, 2.05) is 42.5 Å². The molecule has 0 bridgehead atoms. The molecule has 26 heavy (non-hydrogen) atoms. The van der Waals surface area contributed by atoms with Crippen molar-refractivity contribution in [3.8, 4) is 11.1 Å². The Labute approximate surface area is 149 Å². The molecule has 0 atom stereocenters. The first-order valence-electron chi connectivity index (χ1n) is 8.15. The average molecular weight is 341 g/mol. The molecule has 4 aromatic rings. The number of benzene rings is 2. The highest BCUT2D eigenvalue weighted by Gasteiger charge is 2.13. The van der Waals surface area contributed by atoms with Gasteiger partial charge >= 0.3 is 0 Å². The van der Waals surface area contributed by atoms with Crippen LogP contribution in [0.3, 0.4) is 0 Å². The number of aromatic nitrogens is 2. The summed E-state index contributed by atoms with van der Waals surface area (Å²) < 4.78 is 0. The molecule has 0 saturated carbocycles. The highest BCUT2D eigenvalue weighted by molar-refractivity contribution is 6.05. The van der Waals surface area contributed by atoms with Gasteiger partial charge in [-0.2, -0.15) is 0 Å². The maximum atomic E-state index is 12.5. The average Bonchev–Trinajstić information content (AvgIpc) is 2.69. The zero-order valence-corrected chi connectivity index (χ0v) is 13.8. The van der Waals surface area contributed by atoms with Gasteiger partial charge in [0.15, 0.2) is 0 Å². The maximum absolute atomic E-state index is 12.5. The van der Waals surface area contributed by atoms with Gasteiger partial charge in [0, 0.05) is 28.9 Å². The van der Waals surface area contributed by atoms with Gasteiger partial charge in [0.25, 0.3) is 5.91 Å². The number of carbonyl (C=O) groups is 1. The number of para-hydroxylation sites is 1. The molecule has 0 fully saturated rings. The topological polar surface area (TPSA) is 74.8 Å². The molecule has 0 unspecified atom stereocenters. The molecule has 126 valence electrons. The van der Waals surface area contributed by atoms with Crippen molar-refractivity contribution in [1.29, 1.82) is 0 Å². The van der Waals surface area contributed by atoms with E-state index in [-0.39, 0.29) is 11.0 Å². The Morgan fingerprint density at radius 3 is 2.42 bits per heavy atom. The number of hydrogen-bond acceptors (Lipinski definition) is 3. The standard InChI is InChI=1S/C21H15N3O2/c25-20-16-8-4-5-9-18(16)22-13-17(20)21(26)24-19-11-10-15(12-23-19)14-6-2-1-3-7-14/h1-13H,(H,22,25)(H,23,24,26). The first kappa shape index (κ1) is 15.8. The maximum Gasteiger partial charge on any atom is 0.262 e. The van der Waals surface area contributed by atoms with Crippen LogP contribution in [0.1, 0.15) is 10.4 Å². The van der Waals surface area contributed by atoms with E-state index in [0.717, 1.165) is 11.1 Å². The Bertz CT molecular complexity index is 1130. The largest absolute Gasteiger partial charge is 0.360 e. The Morgan fingerprint density at radius 1 is 0.885 bits per heavy atom. The minimum absolute atomic E-state index is 0.0534. The van der Waals surface area contributed by atoms with E-state index in [2.05, 4.69) is 15.3 Å². The summed E-state index contributed by atoms with van der Waals surface area (Å²) in [7, 11) is 0. The summed E-state index contributed by atoms with van der Waals surface area (Å²) in [5.74, 6) is -0.0980. The van der Waals surface area contributed by atoms with Crippen molar-refractivity contribution in [3.05, 3.63) is 94.9 Å². The van der Waals surface area contributed by atoms with Gasteiger partial charge in [0.1, 0.15) is 11.4 Å². The van der Waals surface area contributed by atoms with Gasteiger partial charge in [-0.15, -0.1) is 0 Å². The highest BCUT2D eigenvalue weighted by Crippen LogP contribution is 2.19. The van der Waals surface area contributed by atoms with Crippen molar-refractivity contribution in [1.82, 2.24) is 9.97 Å². The second-order valence-electron chi connectivity index (χ2n) is 5.83. The predicted molar refractivity (Wildman–Crippen MR) is 102 cm³/mol. The number of pyridine rings is 2. The van der Waals surface area contributed by atoms with Crippen LogP contribution in [-0.4, -0.2) is 15.9 Å². The summed E-state index contributed by atoms with van der Waals surface area (Å²) in [5.41, 5.74) is 2.44. The molecule has 0 spiro atoms. The van der Waals surface area contributed by atoms with E-state index in [0.29, 0.717) is 16.7 Å². The van der Waals surface area contributed by atoms with E-state index in [1.165, 1.54) is 6.20 Å². The second kappa shape index (κ2) is 6.64. The molecule has 2 aromatic heterocycles. The van der Waals surface area contributed by atoms with E-state index in [1.54, 1.807) is 30.5 Å². The van der Waals surface area contributed by atoms with Crippen molar-refractivity contribution in [3.63, 3.8) is 0 Å². The van der Waals surface area contributed by atoms with E-state index >= 15 is 0 Å². The third kappa shape index (κ3) is 2.98. The molecule has 0 radical (unpaired) electrons. The Hall–Kier alpha value is -3.73. The molecule has 2 heterocycles. The third-order valence-electron chi connectivity index (χ3n) is 4.15. The molecule has 2 N–H and O–H groups in total. The van der Waals surface area contributed by atoms with Crippen LogP contribution in [0.2, 0.25) is 0 Å². The van der Waals surface area contributed by atoms with Crippen LogP contribution in [0.25, 0.3) is 22.0 Å². The summed E-state index contributed by atoms with van der Waals surface area (Å²) in [6.45, 7) is 0.